The van der Waals surface area contributed by atoms with E-state index < -0.39 is 5.60 Å². The Morgan fingerprint density at radius 3 is 2.65 bits per heavy atom. The summed E-state index contributed by atoms with van der Waals surface area (Å²) in [5, 5.41) is 3.37. The molecule has 1 N–H and O–H groups in total. The van der Waals surface area contributed by atoms with E-state index in [9.17, 15) is 4.79 Å². The molecule has 0 fully saturated rings. The Morgan fingerprint density at radius 2 is 2.09 bits per heavy atom. The highest BCUT2D eigenvalue weighted by Gasteiger charge is 2.20. The zero-order chi connectivity index (χ0) is 17.6. The summed E-state index contributed by atoms with van der Waals surface area (Å²) in [6.45, 7) is 9.80. The van der Waals surface area contributed by atoms with E-state index >= 15 is 0 Å². The number of amides is 1. The van der Waals surface area contributed by atoms with Gasteiger partial charge in [-0.3, -0.25) is 4.98 Å². The van der Waals surface area contributed by atoms with E-state index in [-0.39, 0.29) is 6.09 Å². The van der Waals surface area contributed by atoms with E-state index in [1.807, 2.05) is 26.8 Å². The molecule has 0 aromatic carbocycles. The summed E-state index contributed by atoms with van der Waals surface area (Å²) in [6.07, 6.45) is 1.49. The molecule has 0 saturated carbocycles. The lowest BCUT2D eigenvalue weighted by Crippen LogP contribution is -2.38. The normalized spacial score (nSPS) is 12.8. The van der Waals surface area contributed by atoms with E-state index in [2.05, 4.69) is 49.1 Å². The predicted molar refractivity (Wildman–Crippen MR) is 99.4 cm³/mol. The molecule has 1 heterocycles. The second-order valence-corrected chi connectivity index (χ2v) is 8.45. The number of hydrogen-bond donors (Lipinski definition) is 1. The van der Waals surface area contributed by atoms with Crippen LogP contribution in [-0.2, 0) is 11.3 Å². The van der Waals surface area contributed by atoms with Crippen molar-refractivity contribution in [3.05, 3.63) is 26.9 Å². The topological polar surface area (TPSA) is 54.5 Å². The van der Waals surface area contributed by atoms with Crippen LogP contribution in [0.3, 0.4) is 0 Å². The zero-order valence-corrected chi connectivity index (χ0v) is 17.5. The highest BCUT2D eigenvalue weighted by Crippen LogP contribution is 2.19. The minimum atomic E-state index is -0.466. The average Bonchev–Trinajstić information content (AvgIpc) is 2.39. The molecule has 0 bridgehead atoms. The molecule has 0 spiro atoms. The quantitative estimate of drug-likeness (QED) is 0.705. The highest BCUT2D eigenvalue weighted by atomic mass is 79.9. The lowest BCUT2D eigenvalue weighted by Gasteiger charge is -2.26. The standard InChI is InChI=1S/C16H25Br2N3O2/c1-11(10-21(5)15(22)23-16(2,3)4)7-19-9-14-13(18)6-12(17)8-20-14/h6,8,11,19H,7,9-10H2,1-5H3. The molecule has 0 saturated heterocycles. The zero-order valence-electron chi connectivity index (χ0n) is 14.3. The molecule has 1 aromatic rings. The van der Waals surface area contributed by atoms with Crippen LogP contribution in [0.5, 0.6) is 0 Å². The number of pyridine rings is 1. The Hall–Kier alpha value is -0.660. The second-order valence-electron chi connectivity index (χ2n) is 6.68. The summed E-state index contributed by atoms with van der Waals surface area (Å²) < 4.78 is 7.26. The van der Waals surface area contributed by atoms with Crippen LogP contribution in [0, 0.1) is 5.92 Å². The Kier molecular flexibility index (Phi) is 7.97. The maximum absolute atomic E-state index is 11.9. The SMILES string of the molecule is CC(CNCc1ncc(Br)cc1Br)CN(C)C(=O)OC(C)(C)C. The Morgan fingerprint density at radius 1 is 1.43 bits per heavy atom. The number of carbonyl (C=O) groups excluding carboxylic acids is 1. The molecule has 7 heteroatoms. The van der Waals surface area contributed by atoms with Crippen molar-refractivity contribution in [3.63, 3.8) is 0 Å². The minimum Gasteiger partial charge on any atom is -0.444 e. The van der Waals surface area contributed by atoms with Crippen molar-refractivity contribution in [2.75, 3.05) is 20.1 Å². The van der Waals surface area contributed by atoms with Gasteiger partial charge in [-0.1, -0.05) is 6.92 Å². The molecule has 0 aliphatic heterocycles. The van der Waals surface area contributed by atoms with Crippen molar-refractivity contribution in [1.82, 2.24) is 15.2 Å². The smallest absolute Gasteiger partial charge is 0.410 e. The molecule has 5 nitrogen and oxygen atoms in total. The van der Waals surface area contributed by atoms with Crippen molar-refractivity contribution >= 4 is 38.0 Å². The third kappa shape index (κ3) is 8.13. The first-order valence-electron chi connectivity index (χ1n) is 7.53. The van der Waals surface area contributed by atoms with Gasteiger partial charge in [0.2, 0.25) is 0 Å². The first kappa shape index (κ1) is 20.4. The fourth-order valence-corrected chi connectivity index (χ4v) is 3.08. The number of nitrogens with zero attached hydrogens (tertiary/aromatic N) is 2. The average molecular weight is 451 g/mol. The number of carbonyl (C=O) groups is 1. The van der Waals surface area contributed by atoms with E-state index in [1.54, 1.807) is 18.1 Å². The summed E-state index contributed by atoms with van der Waals surface area (Å²) in [5.41, 5.74) is 0.493. The van der Waals surface area contributed by atoms with Gasteiger partial charge in [-0.15, -0.1) is 0 Å². The van der Waals surface area contributed by atoms with Gasteiger partial charge in [0.1, 0.15) is 5.60 Å². The van der Waals surface area contributed by atoms with Crippen LogP contribution in [0.25, 0.3) is 0 Å². The van der Waals surface area contributed by atoms with Crippen LogP contribution in [0.4, 0.5) is 4.79 Å². The molecule has 1 aromatic heterocycles. The van der Waals surface area contributed by atoms with E-state index in [1.165, 1.54) is 0 Å². The summed E-state index contributed by atoms with van der Waals surface area (Å²) in [7, 11) is 1.76. The molecule has 1 atom stereocenters. The van der Waals surface area contributed by atoms with Crippen LogP contribution < -0.4 is 5.32 Å². The number of ether oxygens (including phenoxy) is 1. The summed E-state index contributed by atoms with van der Waals surface area (Å²) >= 11 is 6.89. The van der Waals surface area contributed by atoms with Crippen molar-refractivity contribution in [2.45, 2.75) is 39.8 Å². The molecule has 0 aliphatic carbocycles. The largest absolute Gasteiger partial charge is 0.444 e. The van der Waals surface area contributed by atoms with Gasteiger partial charge < -0.3 is 15.0 Å². The molecule has 23 heavy (non-hydrogen) atoms. The molecule has 130 valence electrons. The first-order chi connectivity index (χ1) is 10.6. The molecule has 0 radical (unpaired) electrons. The van der Waals surface area contributed by atoms with Crippen molar-refractivity contribution in [2.24, 2.45) is 5.92 Å². The fourth-order valence-electron chi connectivity index (χ4n) is 1.96. The second kappa shape index (κ2) is 8.99. The summed E-state index contributed by atoms with van der Waals surface area (Å²) in [6, 6.07) is 1.98. The van der Waals surface area contributed by atoms with Crippen molar-refractivity contribution in [3.8, 4) is 0 Å². The van der Waals surface area contributed by atoms with Crippen LogP contribution in [0.15, 0.2) is 21.2 Å². The van der Waals surface area contributed by atoms with E-state index in [0.29, 0.717) is 19.0 Å². The van der Waals surface area contributed by atoms with Crippen LogP contribution >= 0.6 is 31.9 Å². The van der Waals surface area contributed by atoms with Gasteiger partial charge in [-0.25, -0.2) is 4.79 Å². The highest BCUT2D eigenvalue weighted by molar-refractivity contribution is 9.11. The molecule has 0 aliphatic rings. The Balaban J connectivity index is 2.36. The third-order valence-corrected chi connectivity index (χ3v) is 4.08. The lowest BCUT2D eigenvalue weighted by molar-refractivity contribution is 0.0277. The maximum atomic E-state index is 11.9. The number of aromatic nitrogens is 1. The van der Waals surface area contributed by atoms with Crippen molar-refractivity contribution in [1.29, 1.82) is 0 Å². The lowest BCUT2D eigenvalue weighted by atomic mass is 10.1. The molecule has 1 rings (SSSR count). The van der Waals surface area contributed by atoms with Gasteiger partial charge in [0.25, 0.3) is 0 Å². The fraction of sp³-hybridized carbons (Fsp3) is 0.625. The number of halogens is 2. The summed E-state index contributed by atoms with van der Waals surface area (Å²) in [4.78, 5) is 17.9. The molecular weight excluding hydrogens is 426 g/mol. The van der Waals surface area contributed by atoms with Crippen LogP contribution in [-0.4, -0.2) is 41.7 Å². The molecular formula is C16H25Br2N3O2. The number of nitrogens with one attached hydrogen (secondary N) is 1. The molecule has 1 amide bonds. The van der Waals surface area contributed by atoms with Gasteiger partial charge in [0.15, 0.2) is 0 Å². The minimum absolute atomic E-state index is 0.290. The maximum Gasteiger partial charge on any atom is 0.410 e. The van der Waals surface area contributed by atoms with Gasteiger partial charge in [-0.2, -0.15) is 0 Å². The van der Waals surface area contributed by atoms with E-state index in [0.717, 1.165) is 21.2 Å². The number of hydrogen-bond acceptors (Lipinski definition) is 4. The van der Waals surface area contributed by atoms with Crippen LogP contribution in [0.1, 0.15) is 33.4 Å². The third-order valence-electron chi connectivity index (χ3n) is 2.96. The molecule has 1 unspecified atom stereocenters. The van der Waals surface area contributed by atoms with Crippen LogP contribution in [0.2, 0.25) is 0 Å². The monoisotopic (exact) mass is 449 g/mol. The van der Waals surface area contributed by atoms with Gasteiger partial charge in [-0.05, 0) is 71.2 Å². The van der Waals surface area contributed by atoms with E-state index in [4.69, 9.17) is 4.74 Å². The van der Waals surface area contributed by atoms with Gasteiger partial charge >= 0.3 is 6.09 Å². The predicted octanol–water partition coefficient (Wildman–Crippen LogP) is 4.20. The summed E-state index contributed by atoms with van der Waals surface area (Å²) in [5.74, 6) is 0.307. The number of rotatable bonds is 6. The Bertz CT molecular complexity index is 533. The van der Waals surface area contributed by atoms with Crippen molar-refractivity contribution < 1.29 is 9.53 Å². The van der Waals surface area contributed by atoms with Gasteiger partial charge in [0.05, 0.1) is 5.69 Å². The Labute approximate surface area is 155 Å². The van der Waals surface area contributed by atoms with Gasteiger partial charge in [0, 0.05) is 35.3 Å². The first-order valence-corrected chi connectivity index (χ1v) is 9.12.